The summed E-state index contributed by atoms with van der Waals surface area (Å²) >= 11 is 0. The van der Waals surface area contributed by atoms with E-state index in [0.29, 0.717) is 12.5 Å². The van der Waals surface area contributed by atoms with Crippen LogP contribution in [0.1, 0.15) is 39.0 Å². The molecule has 0 bridgehead atoms. The minimum atomic E-state index is -0.374. The first-order chi connectivity index (χ1) is 7.13. The summed E-state index contributed by atoms with van der Waals surface area (Å²) in [5.41, 5.74) is 5.68. The van der Waals surface area contributed by atoms with E-state index < -0.39 is 0 Å². The summed E-state index contributed by atoms with van der Waals surface area (Å²) in [4.78, 5) is 11.5. The number of aliphatic hydroxyl groups is 1. The third kappa shape index (κ3) is 4.18. The van der Waals surface area contributed by atoms with Gasteiger partial charge in [-0.1, -0.05) is 13.3 Å². The number of nitrogens with one attached hydrogen (secondary N) is 1. The molecule has 3 atom stereocenters. The molecule has 0 aliphatic heterocycles. The highest BCUT2D eigenvalue weighted by atomic mass is 16.3. The maximum Gasteiger partial charge on any atom is 0.236 e. The summed E-state index contributed by atoms with van der Waals surface area (Å²) in [6.07, 6.45) is 4.17. The Hall–Kier alpha value is -0.610. The molecule has 1 rings (SSSR count). The van der Waals surface area contributed by atoms with Crippen molar-refractivity contribution in [3.8, 4) is 0 Å². The lowest BCUT2D eigenvalue weighted by molar-refractivity contribution is -0.122. The predicted molar refractivity (Wildman–Crippen MR) is 59.2 cm³/mol. The molecule has 0 heterocycles. The molecule has 1 saturated carbocycles. The Balaban J connectivity index is 2.16. The normalized spacial score (nSPS) is 27.7. The number of nitrogens with two attached hydrogens (primary N) is 1. The quantitative estimate of drug-likeness (QED) is 0.619. The summed E-state index contributed by atoms with van der Waals surface area (Å²) in [6.45, 7) is 2.67. The van der Waals surface area contributed by atoms with Gasteiger partial charge < -0.3 is 16.2 Å². The Morgan fingerprint density at radius 1 is 1.60 bits per heavy atom. The number of carbonyl (C=O) groups excluding carboxylic acids is 1. The number of amides is 1. The van der Waals surface area contributed by atoms with E-state index in [-0.39, 0.29) is 18.1 Å². The fourth-order valence-electron chi connectivity index (χ4n) is 2.05. The molecule has 1 aliphatic carbocycles. The van der Waals surface area contributed by atoms with E-state index >= 15 is 0 Å². The van der Waals surface area contributed by atoms with E-state index in [0.717, 1.165) is 32.1 Å². The van der Waals surface area contributed by atoms with Crippen LogP contribution < -0.4 is 11.1 Å². The highest BCUT2D eigenvalue weighted by Gasteiger charge is 2.23. The summed E-state index contributed by atoms with van der Waals surface area (Å²) in [5, 5.41) is 12.2. The van der Waals surface area contributed by atoms with Crippen molar-refractivity contribution in [1.29, 1.82) is 0 Å². The number of hydrogen-bond donors (Lipinski definition) is 3. The molecule has 0 aromatic rings. The van der Waals surface area contributed by atoms with Gasteiger partial charge in [-0.2, -0.15) is 0 Å². The number of rotatable bonds is 5. The van der Waals surface area contributed by atoms with Crippen LogP contribution in [0, 0.1) is 5.92 Å². The Morgan fingerprint density at radius 3 is 2.87 bits per heavy atom. The highest BCUT2D eigenvalue weighted by Crippen LogP contribution is 2.24. The molecule has 3 unspecified atom stereocenters. The second kappa shape index (κ2) is 6.08. The van der Waals surface area contributed by atoms with Gasteiger partial charge in [-0.05, 0) is 31.6 Å². The summed E-state index contributed by atoms with van der Waals surface area (Å²) in [7, 11) is 0. The van der Waals surface area contributed by atoms with Gasteiger partial charge in [-0.15, -0.1) is 0 Å². The Kier molecular flexibility index (Phi) is 5.05. The minimum Gasteiger partial charge on any atom is -0.393 e. The monoisotopic (exact) mass is 214 g/mol. The summed E-state index contributed by atoms with van der Waals surface area (Å²) in [6, 6.07) is -0.374. The maximum atomic E-state index is 11.5. The largest absolute Gasteiger partial charge is 0.393 e. The van der Waals surface area contributed by atoms with Crippen molar-refractivity contribution in [3.63, 3.8) is 0 Å². The lowest BCUT2D eigenvalue weighted by Gasteiger charge is -2.14. The van der Waals surface area contributed by atoms with E-state index in [1.807, 2.05) is 6.92 Å². The Bertz CT molecular complexity index is 209. The lowest BCUT2D eigenvalue weighted by atomic mass is 10.1. The van der Waals surface area contributed by atoms with Gasteiger partial charge in [-0.25, -0.2) is 0 Å². The van der Waals surface area contributed by atoms with Gasteiger partial charge in [0.2, 0.25) is 5.91 Å². The van der Waals surface area contributed by atoms with Crippen LogP contribution in [0.3, 0.4) is 0 Å². The molecule has 0 radical (unpaired) electrons. The number of carbonyl (C=O) groups is 1. The van der Waals surface area contributed by atoms with Crippen LogP contribution >= 0.6 is 0 Å². The van der Waals surface area contributed by atoms with E-state index in [9.17, 15) is 9.90 Å². The fourth-order valence-corrected chi connectivity index (χ4v) is 2.05. The third-order valence-electron chi connectivity index (χ3n) is 3.01. The number of hydrogen-bond acceptors (Lipinski definition) is 3. The molecular weight excluding hydrogens is 192 g/mol. The summed E-state index contributed by atoms with van der Waals surface area (Å²) in [5.74, 6) is 0.371. The molecule has 1 amide bonds. The fraction of sp³-hybridized carbons (Fsp3) is 0.909. The zero-order valence-corrected chi connectivity index (χ0v) is 9.41. The van der Waals surface area contributed by atoms with Gasteiger partial charge in [0.1, 0.15) is 0 Å². The van der Waals surface area contributed by atoms with Gasteiger partial charge >= 0.3 is 0 Å². The molecule has 15 heavy (non-hydrogen) atoms. The average molecular weight is 214 g/mol. The van der Waals surface area contributed by atoms with E-state index in [4.69, 9.17) is 5.73 Å². The van der Waals surface area contributed by atoms with Crippen LogP contribution in [0.5, 0.6) is 0 Å². The van der Waals surface area contributed by atoms with Gasteiger partial charge in [0.05, 0.1) is 12.1 Å². The first-order valence-corrected chi connectivity index (χ1v) is 5.84. The van der Waals surface area contributed by atoms with Crippen LogP contribution in [-0.2, 0) is 4.79 Å². The topological polar surface area (TPSA) is 75.4 Å². The minimum absolute atomic E-state index is 0.0572. The maximum absolute atomic E-state index is 11.5. The standard InChI is InChI=1S/C11H22N2O2/c1-2-3-10(12)11(15)13-7-8-4-5-9(14)6-8/h8-10,14H,2-7,12H2,1H3,(H,13,15). The molecule has 88 valence electrons. The third-order valence-corrected chi connectivity index (χ3v) is 3.01. The zero-order valence-electron chi connectivity index (χ0n) is 9.41. The molecule has 0 spiro atoms. The molecule has 4 N–H and O–H groups in total. The SMILES string of the molecule is CCCC(N)C(=O)NCC1CCC(O)C1. The zero-order chi connectivity index (χ0) is 11.3. The lowest BCUT2D eigenvalue weighted by Crippen LogP contribution is -2.42. The molecular formula is C11H22N2O2. The Morgan fingerprint density at radius 2 is 2.33 bits per heavy atom. The average Bonchev–Trinajstić information content (AvgIpc) is 2.61. The first kappa shape index (κ1) is 12.5. The smallest absolute Gasteiger partial charge is 0.236 e. The number of aliphatic hydroxyl groups excluding tert-OH is 1. The van der Waals surface area contributed by atoms with Crippen LogP contribution in [0.15, 0.2) is 0 Å². The molecule has 1 fully saturated rings. The summed E-state index contributed by atoms with van der Waals surface area (Å²) < 4.78 is 0. The molecule has 4 nitrogen and oxygen atoms in total. The van der Waals surface area contributed by atoms with E-state index in [1.165, 1.54) is 0 Å². The van der Waals surface area contributed by atoms with Crippen molar-refractivity contribution in [3.05, 3.63) is 0 Å². The van der Waals surface area contributed by atoms with Crippen LogP contribution in [-0.4, -0.2) is 29.7 Å². The Labute approximate surface area is 91.2 Å². The van der Waals surface area contributed by atoms with E-state index in [1.54, 1.807) is 0 Å². The second-order valence-corrected chi connectivity index (χ2v) is 4.47. The van der Waals surface area contributed by atoms with Gasteiger partial charge in [0, 0.05) is 6.54 Å². The van der Waals surface area contributed by atoms with Crippen molar-refractivity contribution in [2.45, 2.75) is 51.2 Å². The van der Waals surface area contributed by atoms with Crippen molar-refractivity contribution >= 4 is 5.91 Å². The molecule has 1 aliphatic rings. The molecule has 4 heteroatoms. The van der Waals surface area contributed by atoms with Crippen molar-refractivity contribution in [2.75, 3.05) is 6.54 Å². The predicted octanol–water partition coefficient (Wildman–Crippen LogP) is 0.391. The molecule has 0 aromatic heterocycles. The van der Waals surface area contributed by atoms with E-state index in [2.05, 4.69) is 5.32 Å². The van der Waals surface area contributed by atoms with Gasteiger partial charge in [0.25, 0.3) is 0 Å². The van der Waals surface area contributed by atoms with Gasteiger partial charge in [0.15, 0.2) is 0 Å². The van der Waals surface area contributed by atoms with Crippen molar-refractivity contribution in [2.24, 2.45) is 11.7 Å². The molecule has 0 saturated heterocycles. The van der Waals surface area contributed by atoms with Crippen molar-refractivity contribution < 1.29 is 9.90 Å². The van der Waals surface area contributed by atoms with Crippen LogP contribution in [0.2, 0.25) is 0 Å². The molecule has 0 aromatic carbocycles. The highest BCUT2D eigenvalue weighted by molar-refractivity contribution is 5.81. The van der Waals surface area contributed by atoms with Gasteiger partial charge in [-0.3, -0.25) is 4.79 Å². The van der Waals surface area contributed by atoms with Crippen LogP contribution in [0.4, 0.5) is 0 Å². The van der Waals surface area contributed by atoms with Crippen LogP contribution in [0.25, 0.3) is 0 Å². The second-order valence-electron chi connectivity index (χ2n) is 4.47. The first-order valence-electron chi connectivity index (χ1n) is 5.84. The van der Waals surface area contributed by atoms with Crippen molar-refractivity contribution in [1.82, 2.24) is 5.32 Å².